The van der Waals surface area contributed by atoms with Crippen LogP contribution in [0.2, 0.25) is 0 Å². The van der Waals surface area contributed by atoms with E-state index < -0.39 is 0 Å². The normalized spacial score (nSPS) is 12.5. The molecule has 2 heteroatoms. The molecule has 0 spiro atoms. The Morgan fingerprint density at radius 2 is 0.935 bits per heavy atom. The Bertz CT molecular complexity index is 2380. The van der Waals surface area contributed by atoms with Crippen molar-refractivity contribution in [3.8, 4) is 11.4 Å². The van der Waals surface area contributed by atoms with Gasteiger partial charge in [-0.15, -0.1) is 0 Å². The molecule has 8 rings (SSSR count). The minimum atomic E-state index is -0.0805. The molecule has 226 valence electrons. The van der Waals surface area contributed by atoms with Gasteiger partial charge in [0.15, 0.2) is 0 Å². The van der Waals surface area contributed by atoms with E-state index in [0.29, 0.717) is 0 Å². The molecule has 0 amide bonds. The standard InChI is InChI=1S/C44H40N2/c1-43(2,3)31-22-25-40-38(27-31)37-23-20-30(26-41(37)46(40)34-16-10-7-11-17-34)29-44(4,5)32-21-24-36-35-18-12-13-19-39(35)45(42(36)28-32)33-14-8-6-9-15-33/h6-28H,29H2,1-5H3. The highest BCUT2D eigenvalue weighted by Gasteiger charge is 2.25. The van der Waals surface area contributed by atoms with Gasteiger partial charge in [0, 0.05) is 32.9 Å². The summed E-state index contributed by atoms with van der Waals surface area (Å²) in [7, 11) is 0. The van der Waals surface area contributed by atoms with Crippen molar-refractivity contribution in [3.05, 3.63) is 156 Å². The van der Waals surface area contributed by atoms with Gasteiger partial charge in [0.2, 0.25) is 0 Å². The minimum absolute atomic E-state index is 0.0805. The number of para-hydroxylation sites is 3. The molecule has 0 aliphatic carbocycles. The highest BCUT2D eigenvalue weighted by atomic mass is 15.0. The van der Waals surface area contributed by atoms with Crippen LogP contribution in [-0.4, -0.2) is 9.13 Å². The molecule has 8 aromatic rings. The van der Waals surface area contributed by atoms with E-state index in [0.717, 1.165) is 6.42 Å². The quantitative estimate of drug-likeness (QED) is 0.187. The molecular weight excluding hydrogens is 556 g/mol. The van der Waals surface area contributed by atoms with Crippen LogP contribution in [0.4, 0.5) is 0 Å². The van der Waals surface area contributed by atoms with E-state index in [-0.39, 0.29) is 10.8 Å². The van der Waals surface area contributed by atoms with Crippen molar-refractivity contribution in [2.45, 2.75) is 51.9 Å². The van der Waals surface area contributed by atoms with E-state index in [9.17, 15) is 0 Å². The molecule has 0 bridgehead atoms. The van der Waals surface area contributed by atoms with Gasteiger partial charge in [0.1, 0.15) is 0 Å². The van der Waals surface area contributed by atoms with Crippen molar-refractivity contribution in [2.75, 3.05) is 0 Å². The number of fused-ring (bicyclic) bond motifs is 6. The molecule has 46 heavy (non-hydrogen) atoms. The van der Waals surface area contributed by atoms with Crippen LogP contribution in [0, 0.1) is 0 Å². The first-order valence-corrected chi connectivity index (χ1v) is 16.4. The predicted molar refractivity (Wildman–Crippen MR) is 197 cm³/mol. The summed E-state index contributed by atoms with van der Waals surface area (Å²) in [5, 5.41) is 5.21. The highest BCUT2D eigenvalue weighted by molar-refractivity contribution is 6.10. The molecule has 0 atom stereocenters. The molecule has 0 saturated heterocycles. The molecule has 2 heterocycles. The van der Waals surface area contributed by atoms with Crippen LogP contribution in [0.15, 0.2) is 140 Å². The van der Waals surface area contributed by atoms with E-state index in [2.05, 4.69) is 183 Å². The molecule has 2 nitrogen and oxygen atoms in total. The van der Waals surface area contributed by atoms with E-state index >= 15 is 0 Å². The number of benzene rings is 6. The first-order chi connectivity index (χ1) is 22.2. The molecule has 0 aliphatic rings. The Morgan fingerprint density at radius 1 is 0.413 bits per heavy atom. The van der Waals surface area contributed by atoms with Gasteiger partial charge in [-0.05, 0) is 88.5 Å². The Hall–Kier alpha value is -5.08. The van der Waals surface area contributed by atoms with Crippen LogP contribution in [0.5, 0.6) is 0 Å². The largest absolute Gasteiger partial charge is 0.309 e. The summed E-state index contributed by atoms with van der Waals surface area (Å²) in [5.74, 6) is 0. The summed E-state index contributed by atoms with van der Waals surface area (Å²) < 4.78 is 4.86. The van der Waals surface area contributed by atoms with Gasteiger partial charge in [-0.25, -0.2) is 0 Å². The summed E-state index contributed by atoms with van der Waals surface area (Å²) in [6.45, 7) is 11.6. The van der Waals surface area contributed by atoms with Crippen LogP contribution < -0.4 is 0 Å². The van der Waals surface area contributed by atoms with E-state index in [1.807, 2.05) is 0 Å². The molecule has 6 aromatic carbocycles. The third-order valence-corrected chi connectivity index (χ3v) is 9.83. The first kappa shape index (κ1) is 28.4. The second kappa shape index (κ2) is 10.5. The number of hydrogen-bond acceptors (Lipinski definition) is 0. The number of rotatable bonds is 5. The summed E-state index contributed by atoms with van der Waals surface area (Å²) >= 11 is 0. The van der Waals surface area contributed by atoms with E-state index in [1.165, 1.54) is 71.7 Å². The lowest BCUT2D eigenvalue weighted by Gasteiger charge is -2.26. The molecular formula is C44H40N2. The Balaban J connectivity index is 1.26. The van der Waals surface area contributed by atoms with Crippen LogP contribution in [0.3, 0.4) is 0 Å². The topological polar surface area (TPSA) is 9.86 Å². The minimum Gasteiger partial charge on any atom is -0.309 e. The van der Waals surface area contributed by atoms with E-state index in [1.54, 1.807) is 0 Å². The maximum Gasteiger partial charge on any atom is 0.0544 e. The summed E-state index contributed by atoms with van der Waals surface area (Å²) in [6.07, 6.45) is 0.934. The van der Waals surface area contributed by atoms with Crippen molar-refractivity contribution in [3.63, 3.8) is 0 Å². The monoisotopic (exact) mass is 596 g/mol. The predicted octanol–water partition coefficient (Wildman–Crippen LogP) is 11.7. The van der Waals surface area contributed by atoms with Gasteiger partial charge in [-0.1, -0.05) is 120 Å². The first-order valence-electron chi connectivity index (χ1n) is 16.4. The van der Waals surface area contributed by atoms with Crippen LogP contribution in [-0.2, 0) is 17.3 Å². The zero-order valence-electron chi connectivity index (χ0n) is 27.4. The Morgan fingerprint density at radius 3 is 1.61 bits per heavy atom. The summed E-state index contributed by atoms with van der Waals surface area (Å²) in [6, 6.07) is 51.5. The maximum absolute atomic E-state index is 2.44. The number of hydrogen-bond donors (Lipinski definition) is 0. The van der Waals surface area contributed by atoms with Gasteiger partial charge in [-0.3, -0.25) is 0 Å². The molecule has 0 fully saturated rings. The average molecular weight is 597 g/mol. The summed E-state index contributed by atoms with van der Waals surface area (Å²) in [5.41, 5.74) is 11.5. The van der Waals surface area contributed by atoms with Gasteiger partial charge < -0.3 is 9.13 Å². The fourth-order valence-corrected chi connectivity index (χ4v) is 7.36. The van der Waals surface area contributed by atoms with Gasteiger partial charge in [0.05, 0.1) is 22.1 Å². The van der Waals surface area contributed by atoms with Crippen molar-refractivity contribution in [2.24, 2.45) is 0 Å². The maximum atomic E-state index is 2.44. The fourth-order valence-electron chi connectivity index (χ4n) is 7.36. The number of aromatic nitrogens is 2. The lowest BCUT2D eigenvalue weighted by Crippen LogP contribution is -2.20. The zero-order chi connectivity index (χ0) is 31.6. The molecule has 0 radical (unpaired) electrons. The molecule has 0 saturated carbocycles. The van der Waals surface area contributed by atoms with Crippen LogP contribution in [0.25, 0.3) is 55.0 Å². The fraction of sp³-hybridized carbons (Fsp3) is 0.182. The smallest absolute Gasteiger partial charge is 0.0544 e. The Kier molecular flexibility index (Phi) is 6.48. The van der Waals surface area contributed by atoms with Crippen molar-refractivity contribution in [1.29, 1.82) is 0 Å². The Labute approximate surface area is 271 Å². The summed E-state index contributed by atoms with van der Waals surface area (Å²) in [4.78, 5) is 0. The zero-order valence-corrected chi connectivity index (χ0v) is 27.4. The molecule has 0 unspecified atom stereocenters. The lowest BCUT2D eigenvalue weighted by atomic mass is 9.79. The second-order valence-electron chi connectivity index (χ2n) is 14.5. The van der Waals surface area contributed by atoms with Crippen molar-refractivity contribution >= 4 is 43.6 Å². The third kappa shape index (κ3) is 4.63. The van der Waals surface area contributed by atoms with E-state index in [4.69, 9.17) is 0 Å². The van der Waals surface area contributed by atoms with Crippen LogP contribution >= 0.6 is 0 Å². The highest BCUT2D eigenvalue weighted by Crippen LogP contribution is 2.39. The molecule has 0 aliphatic heterocycles. The van der Waals surface area contributed by atoms with Crippen LogP contribution in [0.1, 0.15) is 51.3 Å². The van der Waals surface area contributed by atoms with Gasteiger partial charge >= 0.3 is 0 Å². The van der Waals surface area contributed by atoms with Gasteiger partial charge in [-0.2, -0.15) is 0 Å². The molecule has 2 aromatic heterocycles. The van der Waals surface area contributed by atoms with Crippen molar-refractivity contribution in [1.82, 2.24) is 9.13 Å². The average Bonchev–Trinajstić information content (AvgIpc) is 3.56. The third-order valence-electron chi connectivity index (χ3n) is 9.83. The number of nitrogens with zero attached hydrogens (tertiary/aromatic N) is 2. The van der Waals surface area contributed by atoms with Gasteiger partial charge in [0.25, 0.3) is 0 Å². The second-order valence-corrected chi connectivity index (χ2v) is 14.5. The van der Waals surface area contributed by atoms with Crippen molar-refractivity contribution < 1.29 is 0 Å². The SMILES string of the molecule is CC(C)(C)c1ccc2c(c1)c1ccc(CC(C)(C)c3ccc4c5ccccc5n(-c5ccccc5)c4c3)cc1n2-c1ccccc1. The lowest BCUT2D eigenvalue weighted by molar-refractivity contribution is 0.523. The molecule has 0 N–H and O–H groups in total.